The van der Waals surface area contributed by atoms with E-state index in [1.807, 2.05) is 0 Å². The second-order valence-corrected chi connectivity index (χ2v) is 5.35. The number of halogens is 2. The molecule has 110 valence electrons. The smallest absolute Gasteiger partial charge is 0.423 e. The lowest BCUT2D eigenvalue weighted by Crippen LogP contribution is -2.31. The van der Waals surface area contributed by atoms with Gasteiger partial charge in [-0.25, -0.2) is 0 Å². The first kappa shape index (κ1) is 15.1. The minimum Gasteiger partial charge on any atom is -0.423 e. The SMILES string of the molecule is OB(O)c1ccccc1-c1noc(-c2ccc(Cl)cc2Cl)n1. The molecule has 0 bridgehead atoms. The zero-order chi connectivity index (χ0) is 15.7. The van der Waals surface area contributed by atoms with Crippen LogP contribution in [0.1, 0.15) is 0 Å². The lowest BCUT2D eigenvalue weighted by molar-refractivity contribution is 0.425. The van der Waals surface area contributed by atoms with Crippen LogP contribution in [-0.2, 0) is 0 Å². The van der Waals surface area contributed by atoms with E-state index in [9.17, 15) is 10.0 Å². The van der Waals surface area contributed by atoms with Crippen molar-refractivity contribution in [3.63, 3.8) is 0 Å². The standard InChI is InChI=1S/C14H9BCl2N2O3/c16-8-5-6-10(12(17)7-8)14-18-13(19-22-14)9-3-1-2-4-11(9)15(20)21/h1-7,20-21H. The highest BCUT2D eigenvalue weighted by Gasteiger charge is 2.20. The summed E-state index contributed by atoms with van der Waals surface area (Å²) in [6.07, 6.45) is 0. The van der Waals surface area contributed by atoms with E-state index < -0.39 is 7.12 Å². The van der Waals surface area contributed by atoms with Crippen LogP contribution in [0, 0.1) is 0 Å². The molecule has 3 aromatic rings. The van der Waals surface area contributed by atoms with Gasteiger partial charge in [-0.1, -0.05) is 52.6 Å². The van der Waals surface area contributed by atoms with Crippen LogP contribution < -0.4 is 5.46 Å². The van der Waals surface area contributed by atoms with Crippen molar-refractivity contribution < 1.29 is 14.6 Å². The highest BCUT2D eigenvalue weighted by atomic mass is 35.5. The molecule has 2 N–H and O–H groups in total. The van der Waals surface area contributed by atoms with Gasteiger partial charge in [-0.15, -0.1) is 0 Å². The molecule has 0 amide bonds. The van der Waals surface area contributed by atoms with E-state index in [4.69, 9.17) is 27.7 Å². The van der Waals surface area contributed by atoms with Gasteiger partial charge in [0.05, 0.1) is 10.6 Å². The van der Waals surface area contributed by atoms with Crippen molar-refractivity contribution in [2.75, 3.05) is 0 Å². The molecule has 0 aliphatic carbocycles. The monoisotopic (exact) mass is 334 g/mol. The van der Waals surface area contributed by atoms with Gasteiger partial charge in [0.1, 0.15) is 0 Å². The summed E-state index contributed by atoms with van der Waals surface area (Å²) in [6.45, 7) is 0. The third-order valence-electron chi connectivity index (χ3n) is 3.07. The van der Waals surface area contributed by atoms with E-state index in [-0.39, 0.29) is 17.2 Å². The van der Waals surface area contributed by atoms with Crippen LogP contribution in [0.3, 0.4) is 0 Å². The minimum absolute atomic E-state index is 0.221. The van der Waals surface area contributed by atoms with Crippen LogP contribution in [0.25, 0.3) is 22.8 Å². The van der Waals surface area contributed by atoms with Gasteiger partial charge in [0.25, 0.3) is 5.89 Å². The Morgan fingerprint density at radius 1 is 1.00 bits per heavy atom. The quantitative estimate of drug-likeness (QED) is 0.719. The molecule has 5 nitrogen and oxygen atoms in total. The van der Waals surface area contributed by atoms with Crippen LogP contribution >= 0.6 is 23.2 Å². The largest absolute Gasteiger partial charge is 0.489 e. The van der Waals surface area contributed by atoms with Crippen molar-refractivity contribution in [1.82, 2.24) is 10.1 Å². The van der Waals surface area contributed by atoms with E-state index in [1.54, 1.807) is 42.5 Å². The number of aromatic nitrogens is 2. The number of benzene rings is 2. The average Bonchev–Trinajstić information content (AvgIpc) is 2.96. The maximum Gasteiger partial charge on any atom is 0.489 e. The van der Waals surface area contributed by atoms with Gasteiger partial charge in [-0.2, -0.15) is 4.98 Å². The second kappa shape index (κ2) is 6.10. The van der Waals surface area contributed by atoms with Gasteiger partial charge in [-0.3, -0.25) is 0 Å². The van der Waals surface area contributed by atoms with Gasteiger partial charge in [0, 0.05) is 10.6 Å². The van der Waals surface area contributed by atoms with E-state index in [1.165, 1.54) is 0 Å². The molecular weight excluding hydrogens is 326 g/mol. The summed E-state index contributed by atoms with van der Waals surface area (Å²) in [5.41, 5.74) is 1.31. The molecule has 2 aromatic carbocycles. The fraction of sp³-hybridized carbons (Fsp3) is 0. The average molecular weight is 335 g/mol. The summed E-state index contributed by atoms with van der Waals surface area (Å²) < 4.78 is 5.21. The third kappa shape index (κ3) is 2.87. The van der Waals surface area contributed by atoms with E-state index in [0.717, 1.165) is 0 Å². The van der Waals surface area contributed by atoms with Crippen LogP contribution in [-0.4, -0.2) is 27.3 Å². The molecule has 8 heteroatoms. The Hall–Kier alpha value is -1.86. The summed E-state index contributed by atoms with van der Waals surface area (Å²) in [7, 11) is -1.63. The molecule has 0 radical (unpaired) electrons. The maximum absolute atomic E-state index is 9.40. The predicted molar refractivity (Wildman–Crippen MR) is 85.0 cm³/mol. The summed E-state index contributed by atoms with van der Waals surface area (Å²) in [6, 6.07) is 11.6. The number of rotatable bonds is 3. The fourth-order valence-corrected chi connectivity index (χ4v) is 2.52. The molecule has 0 saturated heterocycles. The van der Waals surface area contributed by atoms with Gasteiger partial charge in [0.2, 0.25) is 5.82 Å². The molecule has 0 spiro atoms. The molecular formula is C14H9BCl2N2O3. The Kier molecular flexibility index (Phi) is 4.17. The third-order valence-corrected chi connectivity index (χ3v) is 3.62. The summed E-state index contributed by atoms with van der Waals surface area (Å²) in [5.74, 6) is 0.462. The number of hydrogen-bond donors (Lipinski definition) is 2. The Morgan fingerprint density at radius 3 is 2.50 bits per heavy atom. The first-order valence-electron chi connectivity index (χ1n) is 6.31. The topological polar surface area (TPSA) is 79.4 Å². The summed E-state index contributed by atoms with van der Waals surface area (Å²) >= 11 is 12.0. The molecule has 1 aromatic heterocycles. The predicted octanol–water partition coefficient (Wildman–Crippen LogP) is 2.39. The van der Waals surface area contributed by atoms with Crippen LogP contribution in [0.15, 0.2) is 47.0 Å². The van der Waals surface area contributed by atoms with Crippen molar-refractivity contribution in [2.45, 2.75) is 0 Å². The molecule has 1 heterocycles. The van der Waals surface area contributed by atoms with E-state index in [0.29, 0.717) is 21.2 Å². The Bertz CT molecular complexity index is 823. The van der Waals surface area contributed by atoms with Crippen LogP contribution in [0.5, 0.6) is 0 Å². The normalized spacial score (nSPS) is 10.7. The van der Waals surface area contributed by atoms with Gasteiger partial charge >= 0.3 is 7.12 Å². The van der Waals surface area contributed by atoms with Crippen molar-refractivity contribution in [1.29, 1.82) is 0 Å². The van der Waals surface area contributed by atoms with Gasteiger partial charge in [-0.05, 0) is 23.7 Å². The van der Waals surface area contributed by atoms with Crippen molar-refractivity contribution >= 4 is 35.8 Å². The Balaban J connectivity index is 2.05. The summed E-state index contributed by atoms with van der Waals surface area (Å²) in [5, 5.41) is 23.6. The lowest BCUT2D eigenvalue weighted by atomic mass is 9.77. The molecule has 0 fully saturated rings. The van der Waals surface area contributed by atoms with Crippen LogP contribution in [0.2, 0.25) is 10.0 Å². The van der Waals surface area contributed by atoms with Crippen molar-refractivity contribution in [3.8, 4) is 22.8 Å². The number of hydrogen-bond acceptors (Lipinski definition) is 5. The van der Waals surface area contributed by atoms with Crippen molar-refractivity contribution in [3.05, 3.63) is 52.5 Å². The molecule has 0 aliphatic heterocycles. The van der Waals surface area contributed by atoms with E-state index in [2.05, 4.69) is 10.1 Å². The molecule has 22 heavy (non-hydrogen) atoms. The Morgan fingerprint density at radius 2 is 1.77 bits per heavy atom. The zero-order valence-corrected chi connectivity index (χ0v) is 12.6. The molecule has 0 atom stereocenters. The maximum atomic E-state index is 9.40. The minimum atomic E-state index is -1.63. The van der Waals surface area contributed by atoms with Gasteiger partial charge in [0.15, 0.2) is 0 Å². The Labute approximate surface area is 136 Å². The highest BCUT2D eigenvalue weighted by Crippen LogP contribution is 2.30. The molecule has 0 saturated carbocycles. The zero-order valence-electron chi connectivity index (χ0n) is 11.1. The summed E-state index contributed by atoms with van der Waals surface area (Å²) in [4.78, 5) is 4.26. The highest BCUT2D eigenvalue weighted by molar-refractivity contribution is 6.60. The van der Waals surface area contributed by atoms with E-state index >= 15 is 0 Å². The second-order valence-electron chi connectivity index (χ2n) is 4.51. The first-order valence-corrected chi connectivity index (χ1v) is 7.06. The van der Waals surface area contributed by atoms with Crippen molar-refractivity contribution in [2.24, 2.45) is 0 Å². The lowest BCUT2D eigenvalue weighted by Gasteiger charge is -2.03. The molecule has 0 aliphatic rings. The van der Waals surface area contributed by atoms with Crippen LogP contribution in [0.4, 0.5) is 0 Å². The fourth-order valence-electron chi connectivity index (χ4n) is 2.03. The number of nitrogens with zero attached hydrogens (tertiary/aromatic N) is 2. The molecule has 0 unspecified atom stereocenters. The molecule has 3 rings (SSSR count). The first-order chi connectivity index (χ1) is 10.6. The van der Waals surface area contributed by atoms with Gasteiger partial charge < -0.3 is 14.6 Å².